The molecule has 8 heteroatoms. The number of nitrogens with one attached hydrogen (secondary N) is 2. The minimum atomic E-state index is -3.44. The predicted octanol–water partition coefficient (Wildman–Crippen LogP) is 1.36. The van der Waals surface area contributed by atoms with E-state index in [0.717, 1.165) is 21.8 Å². The molecule has 1 heterocycles. The van der Waals surface area contributed by atoms with Crippen molar-refractivity contribution in [2.75, 3.05) is 7.05 Å². The largest absolute Gasteiger partial charge is 0.351 e. The molecule has 0 radical (unpaired) electrons. The lowest BCUT2D eigenvalue weighted by Crippen LogP contribution is -2.26. The maximum Gasteiger partial charge on any atom is 0.249 e. The lowest BCUT2D eigenvalue weighted by molar-refractivity contribution is -0.121. The second-order valence-electron chi connectivity index (χ2n) is 4.93. The molecule has 23 heavy (non-hydrogen) atoms. The molecule has 1 atom stereocenters. The summed E-state index contributed by atoms with van der Waals surface area (Å²) in [7, 11) is -2.07. The third-order valence-electron chi connectivity index (χ3n) is 3.26. The van der Waals surface area contributed by atoms with Gasteiger partial charge in [0.15, 0.2) is 0 Å². The van der Waals surface area contributed by atoms with Crippen LogP contribution in [0.25, 0.3) is 0 Å². The molecule has 0 fully saturated rings. The van der Waals surface area contributed by atoms with Gasteiger partial charge in [0, 0.05) is 17.3 Å². The SMILES string of the molecule is CNS(=O)(=O)c1ccc(CNC(=O)CC(N)c2ccccc2)s1. The Labute approximate surface area is 139 Å². The summed E-state index contributed by atoms with van der Waals surface area (Å²) in [6.07, 6.45) is 0.178. The highest BCUT2D eigenvalue weighted by Gasteiger charge is 2.15. The number of hydrogen-bond donors (Lipinski definition) is 3. The van der Waals surface area contributed by atoms with Gasteiger partial charge in [0.25, 0.3) is 0 Å². The summed E-state index contributed by atoms with van der Waals surface area (Å²) in [5.41, 5.74) is 6.90. The second-order valence-corrected chi connectivity index (χ2v) is 8.21. The van der Waals surface area contributed by atoms with Gasteiger partial charge < -0.3 is 11.1 Å². The fraction of sp³-hybridized carbons (Fsp3) is 0.267. The molecular formula is C15H19N3O3S2. The number of amides is 1. The van der Waals surface area contributed by atoms with Crippen LogP contribution in [-0.2, 0) is 21.4 Å². The first-order valence-corrected chi connectivity index (χ1v) is 9.32. The first-order valence-electron chi connectivity index (χ1n) is 7.02. The number of nitrogens with two attached hydrogens (primary N) is 1. The Bertz CT molecular complexity index is 757. The van der Waals surface area contributed by atoms with Gasteiger partial charge in [-0.2, -0.15) is 0 Å². The fourth-order valence-corrected chi connectivity index (χ4v) is 4.11. The third kappa shape index (κ3) is 4.87. The van der Waals surface area contributed by atoms with Crippen molar-refractivity contribution in [2.45, 2.75) is 23.2 Å². The average Bonchev–Trinajstić information content (AvgIpc) is 3.03. The van der Waals surface area contributed by atoms with E-state index in [-0.39, 0.29) is 29.1 Å². The van der Waals surface area contributed by atoms with Crippen molar-refractivity contribution in [3.05, 3.63) is 52.9 Å². The van der Waals surface area contributed by atoms with E-state index in [1.165, 1.54) is 13.1 Å². The van der Waals surface area contributed by atoms with E-state index in [1.54, 1.807) is 6.07 Å². The first-order chi connectivity index (χ1) is 10.9. The number of carbonyl (C=O) groups is 1. The van der Waals surface area contributed by atoms with E-state index in [0.29, 0.717) is 0 Å². The van der Waals surface area contributed by atoms with Crippen LogP contribution < -0.4 is 15.8 Å². The van der Waals surface area contributed by atoms with Gasteiger partial charge in [-0.25, -0.2) is 13.1 Å². The quantitative estimate of drug-likeness (QED) is 0.699. The molecule has 1 unspecified atom stereocenters. The Morgan fingerprint density at radius 1 is 1.22 bits per heavy atom. The van der Waals surface area contributed by atoms with Crippen molar-refractivity contribution in [3.63, 3.8) is 0 Å². The molecule has 0 aliphatic heterocycles. The summed E-state index contributed by atoms with van der Waals surface area (Å²) >= 11 is 1.13. The molecule has 0 bridgehead atoms. The van der Waals surface area contributed by atoms with Crippen LogP contribution in [-0.4, -0.2) is 21.4 Å². The van der Waals surface area contributed by atoms with Crippen LogP contribution in [0, 0.1) is 0 Å². The van der Waals surface area contributed by atoms with Gasteiger partial charge in [-0.15, -0.1) is 11.3 Å². The van der Waals surface area contributed by atoms with Gasteiger partial charge >= 0.3 is 0 Å². The zero-order valence-corrected chi connectivity index (χ0v) is 14.3. The van der Waals surface area contributed by atoms with Gasteiger partial charge in [0.05, 0.1) is 6.54 Å². The Morgan fingerprint density at radius 2 is 1.91 bits per heavy atom. The third-order valence-corrected chi connectivity index (χ3v) is 6.25. The Balaban J connectivity index is 1.88. The smallest absolute Gasteiger partial charge is 0.249 e. The molecule has 124 valence electrons. The van der Waals surface area contributed by atoms with Crippen molar-refractivity contribution < 1.29 is 13.2 Å². The number of carbonyl (C=O) groups excluding carboxylic acids is 1. The number of thiophene rings is 1. The zero-order chi connectivity index (χ0) is 16.9. The van der Waals surface area contributed by atoms with Gasteiger partial charge in [-0.1, -0.05) is 30.3 Å². The van der Waals surface area contributed by atoms with E-state index in [4.69, 9.17) is 5.73 Å². The maximum absolute atomic E-state index is 11.9. The van der Waals surface area contributed by atoms with E-state index in [2.05, 4.69) is 10.0 Å². The predicted molar refractivity (Wildman–Crippen MR) is 90.4 cm³/mol. The van der Waals surface area contributed by atoms with Crippen LogP contribution in [0.1, 0.15) is 22.9 Å². The van der Waals surface area contributed by atoms with Crippen molar-refractivity contribution in [1.82, 2.24) is 10.0 Å². The van der Waals surface area contributed by atoms with Gasteiger partial charge in [0.1, 0.15) is 4.21 Å². The molecule has 0 aliphatic carbocycles. The summed E-state index contributed by atoms with van der Waals surface area (Å²) in [4.78, 5) is 12.7. The molecule has 0 saturated heterocycles. The lowest BCUT2D eigenvalue weighted by Gasteiger charge is -2.11. The second kappa shape index (κ2) is 7.69. The highest BCUT2D eigenvalue weighted by Crippen LogP contribution is 2.21. The van der Waals surface area contributed by atoms with Gasteiger partial charge in [-0.3, -0.25) is 4.79 Å². The molecule has 0 saturated carbocycles. The van der Waals surface area contributed by atoms with Crippen molar-refractivity contribution in [1.29, 1.82) is 0 Å². The molecule has 2 rings (SSSR count). The van der Waals surface area contributed by atoms with Crippen molar-refractivity contribution in [3.8, 4) is 0 Å². The maximum atomic E-state index is 11.9. The molecule has 6 nitrogen and oxygen atoms in total. The fourth-order valence-electron chi connectivity index (χ4n) is 1.97. The number of sulfonamides is 1. The summed E-state index contributed by atoms with van der Waals surface area (Å²) in [5.74, 6) is -0.173. The summed E-state index contributed by atoms with van der Waals surface area (Å²) < 4.78 is 25.8. The van der Waals surface area contributed by atoms with Crippen LogP contribution in [0.3, 0.4) is 0 Å². The topological polar surface area (TPSA) is 101 Å². The Kier molecular flexibility index (Phi) is 5.89. The highest BCUT2D eigenvalue weighted by atomic mass is 32.2. The normalized spacial score (nSPS) is 12.8. The summed E-state index contributed by atoms with van der Waals surface area (Å²) in [6.45, 7) is 0.282. The minimum Gasteiger partial charge on any atom is -0.351 e. The summed E-state index contributed by atoms with van der Waals surface area (Å²) in [6, 6.07) is 12.3. The van der Waals surface area contributed by atoms with E-state index < -0.39 is 10.0 Å². The van der Waals surface area contributed by atoms with Crippen LogP contribution in [0.4, 0.5) is 0 Å². The molecule has 2 aromatic rings. The summed E-state index contributed by atoms with van der Waals surface area (Å²) in [5, 5.41) is 2.76. The highest BCUT2D eigenvalue weighted by molar-refractivity contribution is 7.91. The molecule has 1 amide bonds. The Hall–Kier alpha value is -1.74. The number of rotatable bonds is 7. The number of benzene rings is 1. The monoisotopic (exact) mass is 353 g/mol. The number of hydrogen-bond acceptors (Lipinski definition) is 5. The zero-order valence-electron chi connectivity index (χ0n) is 12.7. The first kappa shape index (κ1) is 17.6. The molecule has 4 N–H and O–H groups in total. The molecule has 0 spiro atoms. The van der Waals surface area contributed by atoms with Crippen molar-refractivity contribution in [2.24, 2.45) is 5.73 Å². The lowest BCUT2D eigenvalue weighted by atomic mass is 10.0. The molecule has 0 aliphatic rings. The van der Waals surface area contributed by atoms with E-state index >= 15 is 0 Å². The Morgan fingerprint density at radius 3 is 2.57 bits per heavy atom. The standard InChI is InChI=1S/C15H19N3O3S2/c1-17-23(20,21)15-8-7-12(22-15)10-18-14(19)9-13(16)11-5-3-2-4-6-11/h2-8,13,17H,9-10,16H2,1H3,(H,18,19). The van der Waals surface area contributed by atoms with Gasteiger partial charge in [0.2, 0.25) is 15.9 Å². The molecular weight excluding hydrogens is 334 g/mol. The van der Waals surface area contributed by atoms with Crippen LogP contribution in [0.15, 0.2) is 46.7 Å². The minimum absolute atomic E-state index is 0.173. The average molecular weight is 353 g/mol. The van der Waals surface area contributed by atoms with E-state index in [9.17, 15) is 13.2 Å². The molecule has 1 aromatic heterocycles. The van der Waals surface area contributed by atoms with Crippen LogP contribution in [0.2, 0.25) is 0 Å². The van der Waals surface area contributed by atoms with Crippen LogP contribution >= 0.6 is 11.3 Å². The van der Waals surface area contributed by atoms with E-state index in [1.807, 2.05) is 30.3 Å². The molecule has 1 aromatic carbocycles. The van der Waals surface area contributed by atoms with Crippen molar-refractivity contribution >= 4 is 27.3 Å². The van der Waals surface area contributed by atoms with Crippen LogP contribution in [0.5, 0.6) is 0 Å². The van der Waals surface area contributed by atoms with Gasteiger partial charge in [-0.05, 0) is 24.7 Å².